The molecule has 0 aliphatic heterocycles. The van der Waals surface area contributed by atoms with Crippen molar-refractivity contribution in [1.82, 2.24) is 0 Å². The van der Waals surface area contributed by atoms with Gasteiger partial charge in [-0.2, -0.15) is 5.26 Å². The highest BCUT2D eigenvalue weighted by Crippen LogP contribution is 2.37. The van der Waals surface area contributed by atoms with Crippen molar-refractivity contribution < 1.29 is 13.9 Å². The van der Waals surface area contributed by atoms with Crippen LogP contribution in [0.2, 0.25) is 0 Å². The molecule has 0 atom stereocenters. The number of anilines is 1. The van der Waals surface area contributed by atoms with E-state index in [1.165, 1.54) is 29.4 Å². The van der Waals surface area contributed by atoms with E-state index < -0.39 is 11.5 Å². The van der Waals surface area contributed by atoms with Crippen LogP contribution < -0.4 is 15.7 Å². The number of hydrogen-bond acceptors (Lipinski definition) is 6. The van der Waals surface area contributed by atoms with Crippen LogP contribution in [0.1, 0.15) is 45.6 Å². The summed E-state index contributed by atoms with van der Waals surface area (Å²) < 4.78 is 10.4. The Balaban J connectivity index is 1.74. The molecule has 1 aliphatic carbocycles. The van der Waals surface area contributed by atoms with Gasteiger partial charge in [-0.1, -0.05) is 6.42 Å². The Morgan fingerprint density at radius 2 is 2.07 bits per heavy atom. The van der Waals surface area contributed by atoms with Crippen LogP contribution in [0.4, 0.5) is 5.00 Å². The minimum absolute atomic E-state index is 0.210. The van der Waals surface area contributed by atoms with Gasteiger partial charge in [0.05, 0.1) is 18.2 Å². The maximum absolute atomic E-state index is 13.0. The van der Waals surface area contributed by atoms with Gasteiger partial charge in [0, 0.05) is 22.4 Å². The number of carbonyl (C=O) groups is 1. The average Bonchev–Trinajstić information content (AvgIpc) is 2.85. The van der Waals surface area contributed by atoms with Crippen LogP contribution in [-0.4, -0.2) is 13.0 Å². The zero-order valence-electron chi connectivity index (χ0n) is 15.3. The fourth-order valence-electron chi connectivity index (χ4n) is 3.58. The molecule has 1 N–H and O–H groups in total. The summed E-state index contributed by atoms with van der Waals surface area (Å²) in [6.07, 6.45) is 5.10. The maximum Gasteiger partial charge on any atom is 0.337 e. The summed E-state index contributed by atoms with van der Waals surface area (Å²) in [6.45, 7) is 0. The van der Waals surface area contributed by atoms with E-state index in [2.05, 4.69) is 11.4 Å². The second-order valence-corrected chi connectivity index (χ2v) is 7.78. The Morgan fingerprint density at radius 1 is 1.25 bits per heavy atom. The van der Waals surface area contributed by atoms with Crippen LogP contribution in [0.15, 0.2) is 33.5 Å². The Kier molecular flexibility index (Phi) is 4.88. The highest BCUT2D eigenvalue weighted by atomic mass is 32.1. The number of carbonyl (C=O) groups excluding carboxylic acids is 1. The lowest BCUT2D eigenvalue weighted by molar-refractivity contribution is 0.102. The third-order valence-electron chi connectivity index (χ3n) is 4.96. The number of rotatable bonds is 3. The van der Waals surface area contributed by atoms with E-state index in [1.807, 2.05) is 0 Å². The van der Waals surface area contributed by atoms with Crippen molar-refractivity contribution in [3.63, 3.8) is 0 Å². The van der Waals surface area contributed by atoms with Gasteiger partial charge in [0.2, 0.25) is 0 Å². The summed E-state index contributed by atoms with van der Waals surface area (Å²) >= 11 is 1.46. The lowest BCUT2D eigenvalue weighted by atomic mass is 10.1. The number of thiophene rings is 1. The molecule has 4 rings (SSSR count). The molecule has 2 aromatic heterocycles. The number of benzene rings is 1. The third-order valence-corrected chi connectivity index (χ3v) is 6.16. The Morgan fingerprint density at radius 3 is 2.86 bits per heavy atom. The zero-order chi connectivity index (χ0) is 19.7. The van der Waals surface area contributed by atoms with Gasteiger partial charge in [0.25, 0.3) is 5.91 Å². The predicted octanol–water partition coefficient (Wildman–Crippen LogP) is 4.26. The minimum atomic E-state index is -0.617. The van der Waals surface area contributed by atoms with E-state index >= 15 is 0 Å². The average molecular weight is 394 g/mol. The molecule has 3 aromatic rings. The number of methoxy groups -OCH3 is 1. The number of ether oxygens (including phenoxy) is 1. The monoisotopic (exact) mass is 394 g/mol. The first kappa shape index (κ1) is 18.3. The molecule has 1 amide bonds. The summed E-state index contributed by atoms with van der Waals surface area (Å²) in [4.78, 5) is 26.1. The van der Waals surface area contributed by atoms with E-state index in [0.717, 1.165) is 37.7 Å². The number of nitrogens with zero attached hydrogens (tertiary/aromatic N) is 1. The summed E-state index contributed by atoms with van der Waals surface area (Å²) in [6, 6.07) is 8.38. The standard InChI is InChI=1S/C21H18N2O4S/c1-26-12-7-8-13-15(10-19(24)27-17(13)9-12)20(25)23-21-16(11-22)14-5-3-2-4-6-18(14)28-21/h7-10H,2-6H2,1H3,(H,23,25). The molecule has 7 heteroatoms. The Hall–Kier alpha value is -3.11. The van der Waals surface area contributed by atoms with Gasteiger partial charge in [-0.25, -0.2) is 4.79 Å². The van der Waals surface area contributed by atoms with Crippen LogP contribution in [0.5, 0.6) is 5.75 Å². The molecule has 1 aromatic carbocycles. The Labute approximate surface area is 165 Å². The fourth-order valence-corrected chi connectivity index (χ4v) is 4.81. The smallest absolute Gasteiger partial charge is 0.337 e. The fraction of sp³-hybridized carbons (Fsp3) is 0.286. The second-order valence-electron chi connectivity index (χ2n) is 6.68. The zero-order valence-corrected chi connectivity index (χ0v) is 16.1. The molecule has 0 radical (unpaired) electrons. The van der Waals surface area contributed by atoms with E-state index in [-0.39, 0.29) is 11.1 Å². The van der Waals surface area contributed by atoms with Crippen molar-refractivity contribution in [2.24, 2.45) is 0 Å². The largest absolute Gasteiger partial charge is 0.497 e. The van der Waals surface area contributed by atoms with Crippen LogP contribution in [0.25, 0.3) is 11.0 Å². The highest BCUT2D eigenvalue weighted by molar-refractivity contribution is 7.16. The molecule has 0 saturated carbocycles. The van der Waals surface area contributed by atoms with Gasteiger partial charge >= 0.3 is 5.63 Å². The van der Waals surface area contributed by atoms with Gasteiger partial charge in [0.1, 0.15) is 22.4 Å². The van der Waals surface area contributed by atoms with Gasteiger partial charge in [0.15, 0.2) is 0 Å². The molecular weight excluding hydrogens is 376 g/mol. The molecule has 2 heterocycles. The second kappa shape index (κ2) is 7.49. The quantitative estimate of drug-likeness (QED) is 0.529. The first-order valence-electron chi connectivity index (χ1n) is 9.08. The lowest BCUT2D eigenvalue weighted by Crippen LogP contribution is -2.15. The molecule has 0 bridgehead atoms. The number of amides is 1. The number of aryl methyl sites for hydroxylation is 1. The summed E-state index contributed by atoms with van der Waals surface area (Å²) in [7, 11) is 1.51. The van der Waals surface area contributed by atoms with Gasteiger partial charge in [-0.3, -0.25) is 4.79 Å². The maximum atomic E-state index is 13.0. The third kappa shape index (κ3) is 3.27. The number of nitriles is 1. The summed E-state index contributed by atoms with van der Waals surface area (Å²) in [5.41, 5.74) is 1.47. The van der Waals surface area contributed by atoms with Crippen LogP contribution >= 0.6 is 11.3 Å². The summed E-state index contributed by atoms with van der Waals surface area (Å²) in [5.74, 6) is 0.0953. The summed E-state index contributed by atoms with van der Waals surface area (Å²) in [5, 5.41) is 13.5. The Bertz CT molecular complexity index is 1170. The van der Waals surface area contributed by atoms with Gasteiger partial charge in [-0.15, -0.1) is 11.3 Å². The normalized spacial score (nSPS) is 13.4. The van der Waals surface area contributed by atoms with Crippen LogP contribution in [-0.2, 0) is 12.8 Å². The predicted molar refractivity (Wildman–Crippen MR) is 107 cm³/mol. The van der Waals surface area contributed by atoms with Crippen molar-refractivity contribution in [2.45, 2.75) is 32.1 Å². The molecule has 0 saturated heterocycles. The van der Waals surface area contributed by atoms with E-state index in [1.54, 1.807) is 18.2 Å². The van der Waals surface area contributed by atoms with Crippen LogP contribution in [0.3, 0.4) is 0 Å². The van der Waals surface area contributed by atoms with Crippen molar-refractivity contribution >= 4 is 33.2 Å². The van der Waals surface area contributed by atoms with E-state index in [9.17, 15) is 14.9 Å². The lowest BCUT2D eigenvalue weighted by Gasteiger charge is -2.07. The molecule has 0 fully saturated rings. The molecule has 1 aliphatic rings. The van der Waals surface area contributed by atoms with Crippen molar-refractivity contribution in [2.75, 3.05) is 12.4 Å². The number of fused-ring (bicyclic) bond motifs is 2. The van der Waals surface area contributed by atoms with Gasteiger partial charge in [-0.05, 0) is 43.4 Å². The number of nitrogens with one attached hydrogen (secondary N) is 1. The molecule has 0 unspecified atom stereocenters. The molecule has 142 valence electrons. The van der Waals surface area contributed by atoms with Crippen molar-refractivity contribution in [3.8, 4) is 11.8 Å². The SMILES string of the molecule is COc1ccc2c(C(=O)Nc3sc4c(c3C#N)CCCCC4)cc(=O)oc2c1. The topological polar surface area (TPSA) is 92.3 Å². The van der Waals surface area contributed by atoms with Crippen molar-refractivity contribution in [1.29, 1.82) is 5.26 Å². The van der Waals surface area contributed by atoms with E-state index in [0.29, 0.717) is 21.7 Å². The molecule has 28 heavy (non-hydrogen) atoms. The first-order valence-corrected chi connectivity index (χ1v) is 9.90. The van der Waals surface area contributed by atoms with Crippen LogP contribution in [0, 0.1) is 11.3 Å². The molecular formula is C21H18N2O4S. The minimum Gasteiger partial charge on any atom is -0.497 e. The van der Waals surface area contributed by atoms with Gasteiger partial charge < -0.3 is 14.5 Å². The molecule has 0 spiro atoms. The van der Waals surface area contributed by atoms with Crippen molar-refractivity contribution in [3.05, 3.63) is 56.3 Å². The highest BCUT2D eigenvalue weighted by Gasteiger charge is 2.22. The number of hydrogen-bond donors (Lipinski definition) is 1. The van der Waals surface area contributed by atoms with E-state index in [4.69, 9.17) is 9.15 Å². The molecule has 6 nitrogen and oxygen atoms in total. The first-order chi connectivity index (χ1) is 13.6.